The van der Waals surface area contributed by atoms with Crippen molar-refractivity contribution < 1.29 is 13.9 Å². The summed E-state index contributed by atoms with van der Waals surface area (Å²) in [6.07, 6.45) is 2.38. The maximum atomic E-state index is 12.5. The van der Waals surface area contributed by atoms with E-state index >= 15 is 0 Å². The smallest absolute Gasteiger partial charge is 0.234 e. The maximum absolute atomic E-state index is 12.5. The van der Waals surface area contributed by atoms with Crippen LogP contribution >= 0.6 is 0 Å². The number of hydrogen-bond donors (Lipinski definition) is 1. The zero-order chi connectivity index (χ0) is 19.6. The quantitative estimate of drug-likeness (QED) is 0.585. The monoisotopic (exact) mass is 378 g/mol. The second-order valence-electron chi connectivity index (χ2n) is 6.62. The van der Waals surface area contributed by atoms with E-state index in [9.17, 15) is 4.79 Å². The molecule has 5 nitrogen and oxygen atoms in total. The Morgan fingerprint density at radius 1 is 1.00 bits per heavy atom. The van der Waals surface area contributed by atoms with Crippen LogP contribution in [0.3, 0.4) is 0 Å². The molecule has 2 aromatic carbocycles. The maximum Gasteiger partial charge on any atom is 0.234 e. The van der Waals surface area contributed by atoms with Crippen molar-refractivity contribution in [1.29, 1.82) is 0 Å². The van der Waals surface area contributed by atoms with Gasteiger partial charge in [-0.3, -0.25) is 9.69 Å². The van der Waals surface area contributed by atoms with Crippen LogP contribution in [0.15, 0.2) is 77.4 Å². The molecular weight excluding hydrogens is 352 g/mol. The van der Waals surface area contributed by atoms with E-state index in [-0.39, 0.29) is 5.91 Å². The predicted octanol–water partition coefficient (Wildman–Crippen LogP) is 3.65. The minimum absolute atomic E-state index is 0.00242. The number of methoxy groups -OCH3 is 1. The summed E-state index contributed by atoms with van der Waals surface area (Å²) in [6, 6.07) is 21.8. The highest BCUT2D eigenvalue weighted by Gasteiger charge is 2.13. The fourth-order valence-electron chi connectivity index (χ4n) is 3.14. The Bertz CT molecular complexity index is 847. The van der Waals surface area contributed by atoms with Crippen LogP contribution < -0.4 is 10.1 Å². The van der Waals surface area contributed by atoms with Crippen molar-refractivity contribution in [3.63, 3.8) is 0 Å². The Kier molecular flexibility index (Phi) is 7.27. The van der Waals surface area contributed by atoms with Gasteiger partial charge in [0, 0.05) is 13.1 Å². The molecule has 0 spiro atoms. The summed E-state index contributed by atoms with van der Waals surface area (Å²) < 4.78 is 10.8. The molecule has 3 rings (SSSR count). The Morgan fingerprint density at radius 3 is 2.54 bits per heavy atom. The van der Waals surface area contributed by atoms with Gasteiger partial charge < -0.3 is 14.5 Å². The van der Waals surface area contributed by atoms with Crippen molar-refractivity contribution in [2.75, 3.05) is 20.2 Å². The largest absolute Gasteiger partial charge is 0.496 e. The molecule has 5 heteroatoms. The fourth-order valence-corrected chi connectivity index (χ4v) is 3.14. The highest BCUT2D eigenvalue weighted by molar-refractivity contribution is 5.78. The van der Waals surface area contributed by atoms with Gasteiger partial charge in [0.2, 0.25) is 5.91 Å². The van der Waals surface area contributed by atoms with Gasteiger partial charge in [-0.25, -0.2) is 0 Å². The number of ether oxygens (including phenoxy) is 1. The first-order valence-electron chi connectivity index (χ1n) is 9.42. The first kappa shape index (κ1) is 19.7. The molecule has 0 radical (unpaired) electrons. The van der Waals surface area contributed by atoms with Gasteiger partial charge in [-0.05, 0) is 35.7 Å². The van der Waals surface area contributed by atoms with Gasteiger partial charge in [0.1, 0.15) is 11.5 Å². The van der Waals surface area contributed by atoms with Crippen LogP contribution in [0.2, 0.25) is 0 Å². The summed E-state index contributed by atoms with van der Waals surface area (Å²) in [5.41, 5.74) is 2.25. The minimum Gasteiger partial charge on any atom is -0.496 e. The van der Waals surface area contributed by atoms with Crippen LogP contribution in [0.5, 0.6) is 5.75 Å². The van der Waals surface area contributed by atoms with Crippen LogP contribution in [0.25, 0.3) is 0 Å². The number of carbonyl (C=O) groups excluding carboxylic acids is 1. The zero-order valence-electron chi connectivity index (χ0n) is 16.1. The molecule has 0 aliphatic rings. The number of para-hydroxylation sites is 1. The van der Waals surface area contributed by atoms with E-state index in [0.29, 0.717) is 26.2 Å². The van der Waals surface area contributed by atoms with E-state index in [1.807, 2.05) is 54.6 Å². The molecule has 0 aliphatic heterocycles. The average molecular weight is 378 g/mol. The van der Waals surface area contributed by atoms with E-state index in [0.717, 1.165) is 29.1 Å². The Balaban J connectivity index is 1.54. The van der Waals surface area contributed by atoms with Crippen molar-refractivity contribution >= 4 is 5.91 Å². The predicted molar refractivity (Wildman–Crippen MR) is 109 cm³/mol. The van der Waals surface area contributed by atoms with Gasteiger partial charge in [0.25, 0.3) is 0 Å². The summed E-state index contributed by atoms with van der Waals surface area (Å²) in [5, 5.41) is 3.01. The molecule has 0 atom stereocenters. The number of hydrogen-bond acceptors (Lipinski definition) is 4. The van der Waals surface area contributed by atoms with Gasteiger partial charge in [-0.2, -0.15) is 0 Å². The molecule has 0 aliphatic carbocycles. The molecule has 1 heterocycles. The van der Waals surface area contributed by atoms with E-state index in [2.05, 4.69) is 22.3 Å². The van der Waals surface area contributed by atoms with Gasteiger partial charge in [0.05, 0.1) is 26.5 Å². The number of carbonyl (C=O) groups is 1. The second kappa shape index (κ2) is 10.3. The van der Waals surface area contributed by atoms with Crippen molar-refractivity contribution in [3.8, 4) is 5.75 Å². The van der Waals surface area contributed by atoms with Crippen LogP contribution in [0, 0.1) is 0 Å². The Hall–Kier alpha value is -3.05. The van der Waals surface area contributed by atoms with Crippen LogP contribution in [-0.2, 0) is 24.3 Å². The standard InChI is InChI=1S/C23H26N2O3/c1-27-22-12-6-5-10-20(22)13-14-24-23(26)18-25(17-21-11-7-15-28-21)16-19-8-3-2-4-9-19/h2-12,15H,13-14,16-18H2,1H3,(H,24,26). The number of amides is 1. The zero-order valence-corrected chi connectivity index (χ0v) is 16.1. The van der Waals surface area contributed by atoms with Gasteiger partial charge in [-0.15, -0.1) is 0 Å². The van der Waals surface area contributed by atoms with Crippen molar-refractivity contribution in [3.05, 3.63) is 89.9 Å². The third kappa shape index (κ3) is 5.99. The molecule has 0 saturated heterocycles. The summed E-state index contributed by atoms with van der Waals surface area (Å²) in [6.45, 7) is 2.14. The topological polar surface area (TPSA) is 54.7 Å². The van der Waals surface area contributed by atoms with Crippen molar-refractivity contribution in [1.82, 2.24) is 10.2 Å². The van der Waals surface area contributed by atoms with Crippen LogP contribution in [-0.4, -0.2) is 31.0 Å². The lowest BCUT2D eigenvalue weighted by atomic mass is 10.1. The summed E-state index contributed by atoms with van der Waals surface area (Å²) in [7, 11) is 1.66. The molecule has 0 fully saturated rings. The third-order valence-corrected chi connectivity index (χ3v) is 4.48. The second-order valence-corrected chi connectivity index (χ2v) is 6.62. The summed E-state index contributed by atoms with van der Waals surface area (Å²) in [5.74, 6) is 1.69. The highest BCUT2D eigenvalue weighted by Crippen LogP contribution is 2.17. The number of furan rings is 1. The van der Waals surface area contributed by atoms with Crippen LogP contribution in [0.1, 0.15) is 16.9 Å². The summed E-state index contributed by atoms with van der Waals surface area (Å²) in [4.78, 5) is 14.6. The first-order chi connectivity index (χ1) is 13.7. The molecule has 1 N–H and O–H groups in total. The Labute approximate surface area is 165 Å². The lowest BCUT2D eigenvalue weighted by Crippen LogP contribution is -2.37. The molecule has 28 heavy (non-hydrogen) atoms. The molecule has 1 amide bonds. The lowest BCUT2D eigenvalue weighted by Gasteiger charge is -2.21. The first-order valence-corrected chi connectivity index (χ1v) is 9.42. The fraction of sp³-hybridized carbons (Fsp3) is 0.261. The summed E-state index contributed by atoms with van der Waals surface area (Å²) >= 11 is 0. The van der Waals surface area contributed by atoms with Gasteiger partial charge in [0.15, 0.2) is 0 Å². The number of nitrogens with one attached hydrogen (secondary N) is 1. The number of rotatable bonds is 10. The Morgan fingerprint density at radius 2 is 1.79 bits per heavy atom. The normalized spacial score (nSPS) is 10.8. The highest BCUT2D eigenvalue weighted by atomic mass is 16.5. The number of benzene rings is 2. The molecule has 146 valence electrons. The van der Waals surface area contributed by atoms with Crippen molar-refractivity contribution in [2.45, 2.75) is 19.5 Å². The van der Waals surface area contributed by atoms with Crippen molar-refractivity contribution in [2.24, 2.45) is 0 Å². The molecule has 0 saturated carbocycles. The molecule has 3 aromatic rings. The third-order valence-electron chi connectivity index (χ3n) is 4.48. The van der Waals surface area contributed by atoms with Gasteiger partial charge >= 0.3 is 0 Å². The number of nitrogens with zero attached hydrogens (tertiary/aromatic N) is 1. The lowest BCUT2D eigenvalue weighted by molar-refractivity contribution is -0.122. The average Bonchev–Trinajstić information content (AvgIpc) is 3.22. The SMILES string of the molecule is COc1ccccc1CCNC(=O)CN(Cc1ccccc1)Cc1ccco1. The van der Waals surface area contributed by atoms with E-state index in [1.165, 1.54) is 0 Å². The molecule has 0 unspecified atom stereocenters. The molecular formula is C23H26N2O3. The minimum atomic E-state index is -0.00242. The molecule has 0 bridgehead atoms. The molecule has 1 aromatic heterocycles. The van der Waals surface area contributed by atoms with E-state index in [4.69, 9.17) is 9.15 Å². The van der Waals surface area contributed by atoms with Gasteiger partial charge in [-0.1, -0.05) is 48.5 Å². The van der Waals surface area contributed by atoms with Crippen LogP contribution in [0.4, 0.5) is 0 Å². The van der Waals surface area contributed by atoms with E-state index < -0.39 is 0 Å². The van der Waals surface area contributed by atoms with E-state index in [1.54, 1.807) is 13.4 Å².